The van der Waals surface area contributed by atoms with Crippen LogP contribution in [-0.4, -0.2) is 0 Å². The minimum absolute atomic E-state index is 1.17. The second-order valence-corrected chi connectivity index (χ2v) is 4.01. The van der Waals surface area contributed by atoms with Gasteiger partial charge in [-0.15, -0.1) is 0 Å². The lowest BCUT2D eigenvalue weighted by molar-refractivity contribution is 1.66. The second kappa shape index (κ2) is 4.76. The predicted molar refractivity (Wildman–Crippen MR) is 68.8 cm³/mol. The maximum Gasteiger partial charge on any atom is -0.00147 e. The maximum atomic E-state index is 3.85. The molecule has 74 valence electrons. The predicted octanol–water partition coefficient (Wildman–Crippen LogP) is 4.47. The Balaban J connectivity index is 2.36. The Kier molecular flexibility index (Phi) is 3.15. The Morgan fingerprint density at radius 1 is 1.13 bits per heavy atom. The first-order valence-electron chi connectivity index (χ1n) is 4.82. The molecule has 0 radical (unpaired) electrons. The van der Waals surface area contributed by atoms with E-state index in [4.69, 9.17) is 0 Å². The maximum absolute atomic E-state index is 3.85. The van der Waals surface area contributed by atoms with Crippen molar-refractivity contribution < 1.29 is 0 Å². The normalized spacial score (nSPS) is 11.3. The largest absolute Gasteiger partial charge is 0.152 e. The monoisotopic (exact) mass is 212 g/mol. The van der Waals surface area contributed by atoms with Crippen LogP contribution in [0.4, 0.5) is 0 Å². The Labute approximate surface area is 94.2 Å². The summed E-state index contributed by atoms with van der Waals surface area (Å²) in [6, 6.07) is 12.4. The van der Waals surface area contributed by atoms with Crippen LogP contribution >= 0.6 is 11.3 Å². The van der Waals surface area contributed by atoms with Crippen LogP contribution in [0.3, 0.4) is 0 Å². The zero-order valence-corrected chi connectivity index (χ0v) is 9.21. The summed E-state index contributed by atoms with van der Waals surface area (Å²) in [5, 5.41) is 4.22. The Morgan fingerprint density at radius 3 is 2.53 bits per heavy atom. The summed E-state index contributed by atoms with van der Waals surface area (Å²) < 4.78 is 0. The molecule has 0 atom stereocenters. The number of allylic oxidation sites excluding steroid dienone is 2. The van der Waals surface area contributed by atoms with Gasteiger partial charge in [0.25, 0.3) is 0 Å². The van der Waals surface area contributed by atoms with Crippen molar-refractivity contribution in [3.8, 4) is 0 Å². The van der Waals surface area contributed by atoms with Crippen LogP contribution in [0.25, 0.3) is 11.6 Å². The van der Waals surface area contributed by atoms with Gasteiger partial charge >= 0.3 is 0 Å². The summed E-state index contributed by atoms with van der Waals surface area (Å²) in [7, 11) is 0. The zero-order valence-electron chi connectivity index (χ0n) is 8.39. The van der Waals surface area contributed by atoms with Gasteiger partial charge in [-0.1, -0.05) is 43.0 Å². The molecule has 0 N–H and O–H groups in total. The van der Waals surface area contributed by atoms with Gasteiger partial charge in [0.1, 0.15) is 0 Å². The van der Waals surface area contributed by atoms with Crippen LogP contribution < -0.4 is 0 Å². The van der Waals surface area contributed by atoms with Crippen molar-refractivity contribution in [1.82, 2.24) is 0 Å². The zero-order chi connectivity index (χ0) is 10.5. The summed E-state index contributed by atoms with van der Waals surface area (Å²) in [6.07, 6.45) is 4.05. The van der Waals surface area contributed by atoms with E-state index >= 15 is 0 Å². The van der Waals surface area contributed by atoms with Crippen LogP contribution in [0.5, 0.6) is 0 Å². The highest BCUT2D eigenvalue weighted by Crippen LogP contribution is 2.21. The molecule has 0 amide bonds. The molecule has 0 nitrogen and oxygen atoms in total. The topological polar surface area (TPSA) is 0 Å². The van der Waals surface area contributed by atoms with Gasteiger partial charge in [-0.05, 0) is 39.6 Å². The summed E-state index contributed by atoms with van der Waals surface area (Å²) >= 11 is 1.71. The first-order chi connectivity index (χ1) is 7.40. The van der Waals surface area contributed by atoms with E-state index in [1.54, 1.807) is 11.3 Å². The van der Waals surface area contributed by atoms with Gasteiger partial charge in [-0.25, -0.2) is 0 Å². The lowest BCUT2D eigenvalue weighted by Gasteiger charge is -1.98. The van der Waals surface area contributed by atoms with E-state index in [0.29, 0.717) is 0 Å². The number of thiophene rings is 1. The minimum Gasteiger partial charge on any atom is -0.152 e. The number of hydrogen-bond acceptors (Lipinski definition) is 1. The van der Waals surface area contributed by atoms with Gasteiger partial charge < -0.3 is 0 Å². The third kappa shape index (κ3) is 2.45. The first-order valence-corrected chi connectivity index (χ1v) is 5.76. The van der Waals surface area contributed by atoms with Gasteiger partial charge in [-0.3, -0.25) is 0 Å². The third-order valence-electron chi connectivity index (χ3n) is 2.20. The molecule has 1 aromatic carbocycles. The van der Waals surface area contributed by atoms with Gasteiger partial charge in [-0.2, -0.15) is 11.3 Å². The molecule has 2 rings (SSSR count). The van der Waals surface area contributed by atoms with E-state index in [2.05, 4.69) is 41.6 Å². The molecule has 0 spiro atoms. The third-order valence-corrected chi connectivity index (χ3v) is 2.88. The van der Waals surface area contributed by atoms with Crippen molar-refractivity contribution in [3.05, 3.63) is 70.9 Å². The van der Waals surface area contributed by atoms with Crippen molar-refractivity contribution in [3.63, 3.8) is 0 Å². The van der Waals surface area contributed by atoms with E-state index in [-0.39, 0.29) is 0 Å². The molecule has 1 heteroatoms. The highest BCUT2D eigenvalue weighted by Gasteiger charge is 1.97. The SMILES string of the molecule is C=C/C(=C/c1ccccc1)c1ccsc1. The minimum atomic E-state index is 1.17. The average molecular weight is 212 g/mol. The van der Waals surface area contributed by atoms with Crippen LogP contribution in [0.2, 0.25) is 0 Å². The molecule has 0 bridgehead atoms. The van der Waals surface area contributed by atoms with E-state index in [1.165, 1.54) is 16.7 Å². The van der Waals surface area contributed by atoms with E-state index in [0.717, 1.165) is 0 Å². The van der Waals surface area contributed by atoms with Crippen LogP contribution in [0.1, 0.15) is 11.1 Å². The smallest absolute Gasteiger partial charge is 0.00147 e. The lowest BCUT2D eigenvalue weighted by atomic mass is 10.1. The molecule has 0 aliphatic carbocycles. The van der Waals surface area contributed by atoms with E-state index < -0.39 is 0 Å². The molecule has 0 saturated carbocycles. The Hall–Kier alpha value is -1.60. The van der Waals surface area contributed by atoms with Crippen molar-refractivity contribution in [2.24, 2.45) is 0 Å². The fourth-order valence-corrected chi connectivity index (χ4v) is 2.08. The molecule has 0 unspecified atom stereocenters. The number of hydrogen-bond donors (Lipinski definition) is 0. The summed E-state index contributed by atoms with van der Waals surface area (Å²) in [4.78, 5) is 0. The van der Waals surface area contributed by atoms with Crippen molar-refractivity contribution >= 4 is 23.0 Å². The molecule has 0 fully saturated rings. The fraction of sp³-hybridized carbons (Fsp3) is 0. The van der Waals surface area contributed by atoms with Gasteiger partial charge in [0.05, 0.1) is 0 Å². The summed E-state index contributed by atoms with van der Waals surface area (Å²) in [6.45, 7) is 3.85. The molecule has 1 heterocycles. The first kappa shape index (κ1) is 9.94. The standard InChI is InChI=1S/C14H12S/c1-2-13(14-8-9-15-11-14)10-12-6-4-3-5-7-12/h2-11H,1H2/b13-10-. The highest BCUT2D eigenvalue weighted by atomic mass is 32.1. The number of benzene rings is 1. The Morgan fingerprint density at radius 2 is 1.93 bits per heavy atom. The molecule has 1 aromatic heterocycles. The molecular weight excluding hydrogens is 200 g/mol. The highest BCUT2D eigenvalue weighted by molar-refractivity contribution is 7.08. The molecule has 0 aliphatic heterocycles. The Bertz CT molecular complexity index is 449. The van der Waals surface area contributed by atoms with Crippen LogP contribution in [0.15, 0.2) is 59.8 Å². The number of rotatable bonds is 3. The van der Waals surface area contributed by atoms with Crippen LogP contribution in [0, 0.1) is 0 Å². The average Bonchev–Trinajstić information content (AvgIpc) is 2.81. The molecule has 15 heavy (non-hydrogen) atoms. The summed E-state index contributed by atoms with van der Waals surface area (Å²) in [5.74, 6) is 0. The van der Waals surface area contributed by atoms with Crippen molar-refractivity contribution in [2.75, 3.05) is 0 Å². The summed E-state index contributed by atoms with van der Waals surface area (Å²) in [5.41, 5.74) is 3.61. The molecule has 0 saturated heterocycles. The quantitative estimate of drug-likeness (QED) is 0.658. The molecular formula is C14H12S. The van der Waals surface area contributed by atoms with Gasteiger partial charge in [0.2, 0.25) is 0 Å². The van der Waals surface area contributed by atoms with Gasteiger partial charge in [0.15, 0.2) is 0 Å². The van der Waals surface area contributed by atoms with E-state index in [1.807, 2.05) is 24.3 Å². The van der Waals surface area contributed by atoms with E-state index in [9.17, 15) is 0 Å². The van der Waals surface area contributed by atoms with Crippen LogP contribution in [-0.2, 0) is 0 Å². The van der Waals surface area contributed by atoms with Gasteiger partial charge in [0, 0.05) is 0 Å². The van der Waals surface area contributed by atoms with Crippen molar-refractivity contribution in [1.29, 1.82) is 0 Å². The fourth-order valence-electron chi connectivity index (χ4n) is 1.42. The second-order valence-electron chi connectivity index (χ2n) is 3.23. The molecule has 0 aliphatic rings. The molecule has 2 aromatic rings. The van der Waals surface area contributed by atoms with Crippen molar-refractivity contribution in [2.45, 2.75) is 0 Å². The lowest BCUT2D eigenvalue weighted by Crippen LogP contribution is -1.76.